The Labute approximate surface area is 116 Å². The number of hydrogen-bond donors (Lipinski definition) is 0. The molecule has 5 nitrogen and oxygen atoms in total. The summed E-state index contributed by atoms with van der Waals surface area (Å²) in [7, 11) is 3.43. The first kappa shape index (κ1) is 17.9. The SMILES string of the molecule is CCCN(CC(=O)N(C)C)C(C)C(=O)OC(C)(C)C. The van der Waals surface area contributed by atoms with Crippen molar-refractivity contribution >= 4 is 11.9 Å². The lowest BCUT2D eigenvalue weighted by Gasteiger charge is -2.30. The molecule has 0 aliphatic heterocycles. The quantitative estimate of drug-likeness (QED) is 0.688. The molecule has 0 saturated heterocycles. The van der Waals surface area contributed by atoms with Crippen LogP contribution in [0.1, 0.15) is 41.0 Å². The van der Waals surface area contributed by atoms with Crippen molar-refractivity contribution in [1.82, 2.24) is 9.80 Å². The van der Waals surface area contributed by atoms with Crippen molar-refractivity contribution < 1.29 is 14.3 Å². The molecular formula is C14H28N2O3. The van der Waals surface area contributed by atoms with Crippen LogP contribution in [-0.4, -0.2) is 60.5 Å². The summed E-state index contributed by atoms with van der Waals surface area (Å²) in [6, 6.07) is -0.414. The fraction of sp³-hybridized carbons (Fsp3) is 0.857. The fourth-order valence-electron chi connectivity index (χ4n) is 1.55. The van der Waals surface area contributed by atoms with Crippen molar-refractivity contribution in [3.63, 3.8) is 0 Å². The lowest BCUT2D eigenvalue weighted by molar-refractivity contribution is -0.161. The fourth-order valence-corrected chi connectivity index (χ4v) is 1.55. The topological polar surface area (TPSA) is 49.9 Å². The molecule has 1 atom stereocenters. The Morgan fingerprint density at radius 1 is 1.21 bits per heavy atom. The molecule has 0 aliphatic carbocycles. The lowest BCUT2D eigenvalue weighted by Crippen LogP contribution is -2.47. The molecule has 0 radical (unpaired) electrons. The molecule has 0 bridgehead atoms. The normalized spacial score (nSPS) is 13.3. The number of amides is 1. The molecule has 0 fully saturated rings. The van der Waals surface area contributed by atoms with Crippen LogP contribution in [0.4, 0.5) is 0 Å². The van der Waals surface area contributed by atoms with E-state index in [1.807, 2.05) is 32.6 Å². The first-order valence-electron chi connectivity index (χ1n) is 6.75. The smallest absolute Gasteiger partial charge is 0.323 e. The van der Waals surface area contributed by atoms with Gasteiger partial charge in [0.25, 0.3) is 0 Å². The second kappa shape index (κ2) is 7.48. The summed E-state index contributed by atoms with van der Waals surface area (Å²) in [6.07, 6.45) is 0.883. The molecule has 0 saturated carbocycles. The highest BCUT2D eigenvalue weighted by molar-refractivity contribution is 5.80. The molecule has 1 unspecified atom stereocenters. The zero-order valence-corrected chi connectivity index (χ0v) is 13.3. The van der Waals surface area contributed by atoms with Gasteiger partial charge >= 0.3 is 5.97 Å². The van der Waals surface area contributed by atoms with E-state index in [1.165, 1.54) is 4.90 Å². The minimum absolute atomic E-state index is 0.0103. The van der Waals surface area contributed by atoms with Gasteiger partial charge in [0.05, 0.1) is 6.54 Å². The summed E-state index contributed by atoms with van der Waals surface area (Å²) >= 11 is 0. The van der Waals surface area contributed by atoms with E-state index in [-0.39, 0.29) is 18.4 Å². The molecule has 0 rings (SSSR count). The Hall–Kier alpha value is -1.10. The maximum absolute atomic E-state index is 12.0. The van der Waals surface area contributed by atoms with Gasteiger partial charge in [-0.1, -0.05) is 6.92 Å². The molecule has 1 amide bonds. The van der Waals surface area contributed by atoms with Crippen molar-refractivity contribution in [3.8, 4) is 0 Å². The Balaban J connectivity index is 4.69. The molecule has 0 spiro atoms. The first-order valence-corrected chi connectivity index (χ1v) is 6.75. The van der Waals surface area contributed by atoms with Gasteiger partial charge in [-0.05, 0) is 40.7 Å². The number of ether oxygens (including phenoxy) is 1. The van der Waals surface area contributed by atoms with Crippen molar-refractivity contribution in [2.45, 2.75) is 52.7 Å². The number of esters is 1. The largest absolute Gasteiger partial charge is 0.459 e. The highest BCUT2D eigenvalue weighted by Crippen LogP contribution is 2.11. The highest BCUT2D eigenvalue weighted by atomic mass is 16.6. The Morgan fingerprint density at radius 3 is 2.11 bits per heavy atom. The van der Waals surface area contributed by atoms with E-state index in [0.29, 0.717) is 6.54 Å². The van der Waals surface area contributed by atoms with Crippen molar-refractivity contribution in [3.05, 3.63) is 0 Å². The minimum atomic E-state index is -0.505. The third kappa shape index (κ3) is 7.15. The number of hydrogen-bond acceptors (Lipinski definition) is 4. The summed E-state index contributed by atoms with van der Waals surface area (Å²) < 4.78 is 5.36. The van der Waals surface area contributed by atoms with Crippen LogP contribution in [-0.2, 0) is 14.3 Å². The average molecular weight is 272 g/mol. The van der Waals surface area contributed by atoms with E-state index in [9.17, 15) is 9.59 Å². The number of likely N-dealkylation sites (N-methyl/N-ethyl adjacent to an activating group) is 1. The van der Waals surface area contributed by atoms with E-state index >= 15 is 0 Å². The summed E-state index contributed by atoms with van der Waals surface area (Å²) in [6.45, 7) is 10.3. The van der Waals surface area contributed by atoms with Gasteiger partial charge in [0.2, 0.25) is 5.91 Å². The van der Waals surface area contributed by atoms with Crippen LogP contribution in [0.3, 0.4) is 0 Å². The van der Waals surface area contributed by atoms with Crippen LogP contribution in [0, 0.1) is 0 Å². The van der Waals surface area contributed by atoms with E-state index in [2.05, 4.69) is 0 Å². The molecule has 5 heteroatoms. The van der Waals surface area contributed by atoms with Gasteiger partial charge in [0, 0.05) is 14.1 Å². The summed E-state index contributed by atoms with van der Waals surface area (Å²) in [4.78, 5) is 27.2. The molecule has 0 aromatic rings. The summed E-state index contributed by atoms with van der Waals surface area (Å²) in [5.74, 6) is -0.295. The Morgan fingerprint density at radius 2 is 1.74 bits per heavy atom. The lowest BCUT2D eigenvalue weighted by atomic mass is 10.2. The molecule has 0 aliphatic rings. The Bertz CT molecular complexity index is 308. The molecule has 0 N–H and O–H groups in total. The van der Waals surface area contributed by atoms with Gasteiger partial charge < -0.3 is 9.64 Å². The predicted octanol–water partition coefficient (Wildman–Crippen LogP) is 1.52. The maximum atomic E-state index is 12.0. The van der Waals surface area contributed by atoms with Gasteiger partial charge in [-0.2, -0.15) is 0 Å². The number of carbonyl (C=O) groups is 2. The van der Waals surface area contributed by atoms with Crippen LogP contribution >= 0.6 is 0 Å². The zero-order valence-electron chi connectivity index (χ0n) is 13.3. The van der Waals surface area contributed by atoms with Crippen molar-refractivity contribution in [2.75, 3.05) is 27.2 Å². The van der Waals surface area contributed by atoms with E-state index in [0.717, 1.165) is 6.42 Å². The van der Waals surface area contributed by atoms with Gasteiger partial charge in [0.1, 0.15) is 11.6 Å². The third-order valence-corrected chi connectivity index (χ3v) is 2.64. The highest BCUT2D eigenvalue weighted by Gasteiger charge is 2.27. The predicted molar refractivity (Wildman–Crippen MR) is 75.9 cm³/mol. The minimum Gasteiger partial charge on any atom is -0.459 e. The number of rotatable bonds is 6. The van der Waals surface area contributed by atoms with Gasteiger partial charge in [-0.3, -0.25) is 14.5 Å². The van der Waals surface area contributed by atoms with E-state index < -0.39 is 11.6 Å². The molecular weight excluding hydrogens is 244 g/mol. The van der Waals surface area contributed by atoms with Gasteiger partial charge in [-0.15, -0.1) is 0 Å². The van der Waals surface area contributed by atoms with Gasteiger partial charge in [0.15, 0.2) is 0 Å². The second-order valence-corrected chi connectivity index (χ2v) is 5.97. The standard InChI is InChI=1S/C14H28N2O3/c1-8-9-16(10-12(17)15(6)7)11(2)13(18)19-14(3,4)5/h11H,8-10H2,1-7H3. The van der Waals surface area contributed by atoms with Crippen LogP contribution in [0.15, 0.2) is 0 Å². The molecule has 0 heterocycles. The summed E-state index contributed by atoms with van der Waals surface area (Å²) in [5, 5.41) is 0. The monoisotopic (exact) mass is 272 g/mol. The summed E-state index contributed by atoms with van der Waals surface area (Å²) in [5.41, 5.74) is -0.505. The van der Waals surface area contributed by atoms with Crippen LogP contribution in [0.5, 0.6) is 0 Å². The number of carbonyl (C=O) groups excluding carboxylic acids is 2. The maximum Gasteiger partial charge on any atom is 0.323 e. The van der Waals surface area contributed by atoms with Crippen molar-refractivity contribution in [1.29, 1.82) is 0 Å². The first-order chi connectivity index (χ1) is 8.58. The van der Waals surface area contributed by atoms with E-state index in [1.54, 1.807) is 21.0 Å². The Kier molecular flexibility index (Phi) is 7.05. The average Bonchev–Trinajstić information content (AvgIpc) is 2.24. The molecule has 0 aromatic carbocycles. The zero-order chi connectivity index (χ0) is 15.2. The van der Waals surface area contributed by atoms with Crippen LogP contribution in [0.2, 0.25) is 0 Å². The van der Waals surface area contributed by atoms with E-state index in [4.69, 9.17) is 4.74 Å². The number of nitrogens with zero attached hydrogens (tertiary/aromatic N) is 2. The third-order valence-electron chi connectivity index (χ3n) is 2.64. The van der Waals surface area contributed by atoms with Crippen molar-refractivity contribution in [2.24, 2.45) is 0 Å². The van der Waals surface area contributed by atoms with Crippen LogP contribution in [0.25, 0.3) is 0 Å². The second-order valence-electron chi connectivity index (χ2n) is 5.97. The molecule has 0 aromatic heterocycles. The molecule has 19 heavy (non-hydrogen) atoms. The van der Waals surface area contributed by atoms with Gasteiger partial charge in [-0.25, -0.2) is 0 Å². The molecule has 112 valence electrons. The van der Waals surface area contributed by atoms with Crippen LogP contribution < -0.4 is 0 Å².